The van der Waals surface area contributed by atoms with Gasteiger partial charge in [0.15, 0.2) is 0 Å². The van der Waals surface area contributed by atoms with Crippen LogP contribution in [0.3, 0.4) is 0 Å². The molecule has 0 amide bonds. The quantitative estimate of drug-likeness (QED) is 0.438. The summed E-state index contributed by atoms with van der Waals surface area (Å²) in [7, 11) is 0. The first kappa shape index (κ1) is 22.2. The predicted molar refractivity (Wildman–Crippen MR) is 132 cm³/mol. The molecule has 3 nitrogen and oxygen atoms in total. The standard InChI is InChI=1S/C28H32FN3/c1-5-14-28(4,29)19-32-15-13-24-22(18-32)7-6-8-27(24)31-23-11-10-21(3)25(16-23)26-12-9-20(2)17-30-26/h5-12,14,16-17,31H,13,15,18-19H2,1-4H3. The fourth-order valence-corrected chi connectivity index (χ4v) is 4.52. The first-order chi connectivity index (χ1) is 15.3. The number of hydrogen-bond donors (Lipinski definition) is 1. The monoisotopic (exact) mass is 429 g/mol. The van der Waals surface area contributed by atoms with Crippen molar-refractivity contribution < 1.29 is 4.39 Å². The molecule has 0 saturated carbocycles. The lowest BCUT2D eigenvalue weighted by Gasteiger charge is -2.33. The maximum Gasteiger partial charge on any atom is 0.138 e. The molecule has 1 aromatic heterocycles. The Labute approximate surface area is 191 Å². The minimum Gasteiger partial charge on any atom is -0.355 e. The van der Waals surface area contributed by atoms with Crippen LogP contribution < -0.4 is 5.32 Å². The minimum atomic E-state index is -1.30. The van der Waals surface area contributed by atoms with Crippen molar-refractivity contribution in [2.24, 2.45) is 0 Å². The summed E-state index contributed by atoms with van der Waals surface area (Å²) in [6.45, 7) is 9.73. The van der Waals surface area contributed by atoms with Crippen LogP contribution in [0.25, 0.3) is 11.3 Å². The lowest BCUT2D eigenvalue weighted by molar-refractivity contribution is 0.139. The largest absolute Gasteiger partial charge is 0.355 e. The van der Waals surface area contributed by atoms with Crippen LogP contribution in [0.15, 0.2) is 66.9 Å². The van der Waals surface area contributed by atoms with Gasteiger partial charge in [-0.3, -0.25) is 9.88 Å². The van der Waals surface area contributed by atoms with E-state index in [0.29, 0.717) is 6.54 Å². The van der Waals surface area contributed by atoms with E-state index in [1.54, 1.807) is 19.1 Å². The summed E-state index contributed by atoms with van der Waals surface area (Å²) in [6.07, 6.45) is 6.26. The number of allylic oxidation sites excluding steroid dienone is 1. The van der Waals surface area contributed by atoms with Crippen molar-refractivity contribution in [2.75, 3.05) is 18.4 Å². The second kappa shape index (κ2) is 9.25. The summed E-state index contributed by atoms with van der Waals surface area (Å²) in [5, 5.41) is 3.63. The van der Waals surface area contributed by atoms with Gasteiger partial charge in [-0.25, -0.2) is 4.39 Å². The lowest BCUT2D eigenvalue weighted by atomic mass is 9.96. The molecule has 0 saturated heterocycles. The minimum absolute atomic E-state index is 0.416. The van der Waals surface area contributed by atoms with Gasteiger partial charge in [0.05, 0.1) is 5.69 Å². The Morgan fingerprint density at radius 2 is 2.00 bits per heavy atom. The number of aromatic nitrogens is 1. The Kier molecular flexibility index (Phi) is 6.43. The van der Waals surface area contributed by atoms with Crippen LogP contribution in [0.1, 0.15) is 36.1 Å². The maximum atomic E-state index is 14.7. The van der Waals surface area contributed by atoms with Gasteiger partial charge in [0, 0.05) is 42.8 Å². The SMILES string of the molecule is CC=CC(C)(F)CN1CCc2c(cccc2Nc2ccc(C)c(-c3ccc(C)cn3)c2)C1. The Balaban J connectivity index is 1.55. The summed E-state index contributed by atoms with van der Waals surface area (Å²) in [6, 6.07) is 17.0. The lowest BCUT2D eigenvalue weighted by Crippen LogP contribution is -2.39. The molecule has 1 unspecified atom stereocenters. The molecule has 1 atom stereocenters. The van der Waals surface area contributed by atoms with Crippen LogP contribution in [-0.4, -0.2) is 28.6 Å². The molecule has 0 radical (unpaired) electrons. The van der Waals surface area contributed by atoms with Gasteiger partial charge < -0.3 is 5.32 Å². The third-order valence-corrected chi connectivity index (χ3v) is 6.10. The number of fused-ring (bicyclic) bond motifs is 1. The molecule has 3 aromatic rings. The van der Waals surface area contributed by atoms with E-state index in [4.69, 9.17) is 0 Å². The van der Waals surface area contributed by atoms with Crippen LogP contribution in [0.2, 0.25) is 0 Å². The molecule has 4 rings (SSSR count). The number of aryl methyl sites for hydroxylation is 2. The molecule has 32 heavy (non-hydrogen) atoms. The molecular formula is C28H32FN3. The highest BCUT2D eigenvalue weighted by atomic mass is 19.1. The Bertz CT molecular complexity index is 1120. The van der Waals surface area contributed by atoms with Crippen molar-refractivity contribution >= 4 is 11.4 Å². The van der Waals surface area contributed by atoms with Gasteiger partial charge in [0.2, 0.25) is 0 Å². The van der Waals surface area contributed by atoms with Crippen molar-refractivity contribution in [1.29, 1.82) is 0 Å². The molecule has 1 aliphatic heterocycles. The number of anilines is 2. The van der Waals surface area contributed by atoms with Crippen LogP contribution in [0.4, 0.5) is 15.8 Å². The number of alkyl halides is 1. The first-order valence-electron chi connectivity index (χ1n) is 11.3. The second-order valence-electron chi connectivity index (χ2n) is 9.06. The van der Waals surface area contributed by atoms with Crippen molar-refractivity contribution in [2.45, 2.75) is 46.3 Å². The average molecular weight is 430 g/mol. The van der Waals surface area contributed by atoms with E-state index in [0.717, 1.165) is 47.7 Å². The zero-order chi connectivity index (χ0) is 22.7. The fourth-order valence-electron chi connectivity index (χ4n) is 4.52. The normalized spacial score (nSPS) is 16.0. The van der Waals surface area contributed by atoms with Crippen LogP contribution >= 0.6 is 0 Å². The molecule has 0 spiro atoms. The topological polar surface area (TPSA) is 28.2 Å². The number of halogens is 1. The summed E-state index contributed by atoms with van der Waals surface area (Å²) in [5.41, 5.74) is 7.95. The van der Waals surface area contributed by atoms with Gasteiger partial charge in [0.1, 0.15) is 5.67 Å². The number of nitrogens with zero attached hydrogens (tertiary/aromatic N) is 2. The summed E-state index contributed by atoms with van der Waals surface area (Å²) >= 11 is 0. The number of hydrogen-bond acceptors (Lipinski definition) is 3. The van der Waals surface area contributed by atoms with Crippen molar-refractivity contribution in [3.8, 4) is 11.3 Å². The highest BCUT2D eigenvalue weighted by Gasteiger charge is 2.26. The van der Waals surface area contributed by atoms with E-state index in [1.807, 2.05) is 13.1 Å². The Hall–Kier alpha value is -2.98. The van der Waals surface area contributed by atoms with Gasteiger partial charge in [0.25, 0.3) is 0 Å². The van der Waals surface area contributed by atoms with Gasteiger partial charge in [-0.05, 0) is 80.6 Å². The molecule has 1 N–H and O–H groups in total. The van der Waals surface area contributed by atoms with Gasteiger partial charge in [-0.1, -0.05) is 36.4 Å². The second-order valence-corrected chi connectivity index (χ2v) is 9.06. The Morgan fingerprint density at radius 1 is 1.16 bits per heavy atom. The highest BCUT2D eigenvalue weighted by molar-refractivity contribution is 5.73. The zero-order valence-corrected chi connectivity index (χ0v) is 19.5. The number of nitrogens with one attached hydrogen (secondary N) is 1. The molecular weight excluding hydrogens is 397 g/mol. The maximum absolute atomic E-state index is 14.7. The molecule has 4 heteroatoms. The molecule has 1 aliphatic rings. The molecule has 166 valence electrons. The van der Waals surface area contributed by atoms with Gasteiger partial charge >= 0.3 is 0 Å². The number of pyridine rings is 1. The third-order valence-electron chi connectivity index (χ3n) is 6.10. The van der Waals surface area contributed by atoms with Crippen LogP contribution in [0.5, 0.6) is 0 Å². The average Bonchev–Trinajstić information content (AvgIpc) is 2.75. The molecule has 0 bridgehead atoms. The smallest absolute Gasteiger partial charge is 0.138 e. The first-order valence-corrected chi connectivity index (χ1v) is 11.3. The van der Waals surface area contributed by atoms with Crippen LogP contribution in [0, 0.1) is 13.8 Å². The van der Waals surface area contributed by atoms with Gasteiger partial charge in [-0.2, -0.15) is 0 Å². The number of benzene rings is 2. The highest BCUT2D eigenvalue weighted by Crippen LogP contribution is 2.32. The van der Waals surface area contributed by atoms with E-state index >= 15 is 0 Å². The summed E-state index contributed by atoms with van der Waals surface area (Å²) in [4.78, 5) is 6.82. The van der Waals surface area contributed by atoms with Crippen molar-refractivity contribution in [3.63, 3.8) is 0 Å². The molecule has 0 fully saturated rings. The van der Waals surface area contributed by atoms with E-state index in [-0.39, 0.29) is 0 Å². The van der Waals surface area contributed by atoms with Crippen LogP contribution in [-0.2, 0) is 13.0 Å². The van der Waals surface area contributed by atoms with E-state index in [1.165, 1.54) is 16.7 Å². The predicted octanol–water partition coefficient (Wildman–Crippen LogP) is 6.77. The fraction of sp³-hybridized carbons (Fsp3) is 0.321. The zero-order valence-electron chi connectivity index (χ0n) is 19.5. The summed E-state index contributed by atoms with van der Waals surface area (Å²) < 4.78 is 14.7. The van der Waals surface area contributed by atoms with E-state index in [9.17, 15) is 4.39 Å². The molecule has 2 aromatic carbocycles. The van der Waals surface area contributed by atoms with E-state index < -0.39 is 5.67 Å². The molecule has 2 heterocycles. The summed E-state index contributed by atoms with van der Waals surface area (Å²) in [5.74, 6) is 0. The van der Waals surface area contributed by atoms with Crippen molar-refractivity contribution in [3.05, 3.63) is 89.1 Å². The van der Waals surface area contributed by atoms with E-state index in [2.05, 4.69) is 77.6 Å². The van der Waals surface area contributed by atoms with Gasteiger partial charge in [-0.15, -0.1) is 0 Å². The Morgan fingerprint density at radius 3 is 2.75 bits per heavy atom. The number of rotatable bonds is 6. The van der Waals surface area contributed by atoms with Crippen molar-refractivity contribution in [1.82, 2.24) is 9.88 Å². The molecule has 0 aliphatic carbocycles. The third kappa shape index (κ3) is 5.08.